The van der Waals surface area contributed by atoms with Crippen LogP contribution in [0.15, 0.2) is 35.5 Å². The van der Waals surface area contributed by atoms with Gasteiger partial charge in [-0.1, -0.05) is 49.3 Å². The van der Waals surface area contributed by atoms with E-state index in [9.17, 15) is 8.78 Å². The summed E-state index contributed by atoms with van der Waals surface area (Å²) in [4.78, 5) is 1.65. The Morgan fingerprint density at radius 2 is 1.95 bits per heavy atom. The molecule has 118 valence electrons. The lowest BCUT2D eigenvalue weighted by Crippen LogP contribution is -2.39. The molecule has 0 bridgehead atoms. The molecule has 6 heteroatoms. The fraction of sp³-hybridized carbons (Fsp3) is 0.533. The number of benzene rings is 1. The molecular weight excluding hydrogens is 276 g/mol. The molecule has 0 aliphatic rings. The van der Waals surface area contributed by atoms with E-state index >= 15 is 0 Å². The van der Waals surface area contributed by atoms with Crippen LogP contribution in [0.1, 0.15) is 25.8 Å². The maximum Gasteiger partial charge on any atom is 0.285 e. The molecule has 0 amide bonds. The van der Waals surface area contributed by atoms with Crippen molar-refractivity contribution in [3.63, 3.8) is 0 Å². The van der Waals surface area contributed by atoms with Gasteiger partial charge in [0.05, 0.1) is 6.54 Å². The van der Waals surface area contributed by atoms with Crippen molar-refractivity contribution in [3.05, 3.63) is 35.9 Å². The SMILES string of the molecule is CC(C)CN(CC/C(N)=N/O)CC(F)(F)c1ccccc1. The van der Waals surface area contributed by atoms with Crippen molar-refractivity contribution in [1.82, 2.24) is 4.90 Å². The summed E-state index contributed by atoms with van der Waals surface area (Å²) in [6, 6.07) is 7.77. The van der Waals surface area contributed by atoms with Gasteiger partial charge >= 0.3 is 0 Å². The molecule has 0 atom stereocenters. The van der Waals surface area contributed by atoms with E-state index < -0.39 is 5.92 Å². The number of halogens is 2. The molecule has 21 heavy (non-hydrogen) atoms. The van der Waals surface area contributed by atoms with E-state index in [2.05, 4.69) is 5.16 Å². The summed E-state index contributed by atoms with van der Waals surface area (Å²) in [5.74, 6) is -2.63. The molecule has 0 aliphatic carbocycles. The second-order valence-electron chi connectivity index (χ2n) is 5.54. The number of amidine groups is 1. The Bertz CT molecular complexity index is 449. The molecular formula is C15H23F2N3O. The largest absolute Gasteiger partial charge is 0.409 e. The monoisotopic (exact) mass is 299 g/mol. The van der Waals surface area contributed by atoms with E-state index in [4.69, 9.17) is 10.9 Å². The van der Waals surface area contributed by atoms with Gasteiger partial charge in [-0.15, -0.1) is 0 Å². The zero-order valence-electron chi connectivity index (χ0n) is 12.5. The minimum absolute atomic E-state index is 0.00236. The van der Waals surface area contributed by atoms with E-state index in [0.29, 0.717) is 13.1 Å². The van der Waals surface area contributed by atoms with Crippen molar-refractivity contribution < 1.29 is 14.0 Å². The topological polar surface area (TPSA) is 61.8 Å². The number of hydrogen-bond acceptors (Lipinski definition) is 3. The Hall–Kier alpha value is -1.69. The van der Waals surface area contributed by atoms with E-state index in [1.165, 1.54) is 12.1 Å². The van der Waals surface area contributed by atoms with Crippen LogP contribution in [0.5, 0.6) is 0 Å². The van der Waals surface area contributed by atoms with Crippen LogP contribution in [0.2, 0.25) is 0 Å². The molecule has 1 aromatic carbocycles. The minimum Gasteiger partial charge on any atom is -0.409 e. The van der Waals surface area contributed by atoms with Crippen LogP contribution in [0.25, 0.3) is 0 Å². The molecule has 0 saturated heterocycles. The lowest BCUT2D eigenvalue weighted by molar-refractivity contribution is -0.0395. The summed E-state index contributed by atoms with van der Waals surface area (Å²) in [6.45, 7) is 4.42. The maximum atomic E-state index is 14.3. The molecule has 0 aliphatic heterocycles. The predicted molar refractivity (Wildman–Crippen MR) is 79.6 cm³/mol. The summed E-state index contributed by atoms with van der Waals surface area (Å²) in [5.41, 5.74) is 5.42. The van der Waals surface area contributed by atoms with Gasteiger partial charge in [0.2, 0.25) is 0 Å². The highest BCUT2D eigenvalue weighted by Crippen LogP contribution is 2.29. The lowest BCUT2D eigenvalue weighted by atomic mass is 10.1. The molecule has 4 nitrogen and oxygen atoms in total. The second-order valence-corrected chi connectivity index (χ2v) is 5.54. The molecule has 0 fully saturated rings. The van der Waals surface area contributed by atoms with E-state index in [-0.39, 0.29) is 30.3 Å². The van der Waals surface area contributed by atoms with Crippen LogP contribution in [0, 0.1) is 5.92 Å². The van der Waals surface area contributed by atoms with Crippen molar-refractivity contribution >= 4 is 5.84 Å². The van der Waals surface area contributed by atoms with Gasteiger partial charge in [0, 0.05) is 25.1 Å². The number of nitrogens with two attached hydrogens (primary N) is 1. The molecule has 0 unspecified atom stereocenters. The highest BCUT2D eigenvalue weighted by atomic mass is 19.3. The molecule has 0 spiro atoms. The van der Waals surface area contributed by atoms with Gasteiger partial charge in [-0.05, 0) is 5.92 Å². The molecule has 0 aromatic heterocycles. The number of rotatable bonds is 8. The van der Waals surface area contributed by atoms with E-state index in [0.717, 1.165) is 0 Å². The standard InChI is InChI=1S/C15H23F2N3O/c1-12(2)10-20(9-8-14(18)19-21)11-15(16,17)13-6-4-3-5-7-13/h3-7,12,21H,8-11H2,1-2H3,(H2,18,19). The van der Waals surface area contributed by atoms with Gasteiger partial charge < -0.3 is 10.9 Å². The highest BCUT2D eigenvalue weighted by Gasteiger charge is 2.33. The van der Waals surface area contributed by atoms with Crippen LogP contribution in [-0.4, -0.2) is 35.6 Å². The molecule has 1 aromatic rings. The van der Waals surface area contributed by atoms with Gasteiger partial charge in [-0.2, -0.15) is 8.78 Å². The summed E-state index contributed by atoms with van der Waals surface area (Å²) in [7, 11) is 0. The average Bonchev–Trinajstić information content (AvgIpc) is 2.44. The van der Waals surface area contributed by atoms with Gasteiger partial charge in [-0.25, -0.2) is 0 Å². The molecule has 0 radical (unpaired) electrons. The number of nitrogens with zero attached hydrogens (tertiary/aromatic N) is 2. The zero-order chi connectivity index (χ0) is 15.9. The first kappa shape index (κ1) is 17.4. The first-order chi connectivity index (χ1) is 9.85. The Kier molecular flexibility index (Phi) is 6.55. The third kappa shape index (κ3) is 6.08. The van der Waals surface area contributed by atoms with Crippen LogP contribution in [-0.2, 0) is 5.92 Å². The predicted octanol–water partition coefficient (Wildman–Crippen LogP) is 2.87. The van der Waals surface area contributed by atoms with Gasteiger partial charge in [0.1, 0.15) is 5.84 Å². The first-order valence-electron chi connectivity index (χ1n) is 6.97. The number of oxime groups is 1. The molecule has 0 heterocycles. The smallest absolute Gasteiger partial charge is 0.285 e. The first-order valence-corrected chi connectivity index (χ1v) is 6.97. The van der Waals surface area contributed by atoms with Gasteiger partial charge in [0.25, 0.3) is 5.92 Å². The van der Waals surface area contributed by atoms with Crippen molar-refractivity contribution in [2.75, 3.05) is 19.6 Å². The Morgan fingerprint density at radius 1 is 1.33 bits per heavy atom. The third-order valence-electron chi connectivity index (χ3n) is 3.05. The Balaban J connectivity index is 2.74. The average molecular weight is 299 g/mol. The quantitative estimate of drug-likeness (QED) is 0.336. The maximum absolute atomic E-state index is 14.3. The van der Waals surface area contributed by atoms with Gasteiger partial charge in [-0.3, -0.25) is 4.90 Å². The molecule has 0 saturated carbocycles. The second kappa shape index (κ2) is 7.93. The molecule has 3 N–H and O–H groups in total. The van der Waals surface area contributed by atoms with Crippen molar-refractivity contribution in [3.8, 4) is 0 Å². The van der Waals surface area contributed by atoms with Crippen LogP contribution in [0.3, 0.4) is 0 Å². The zero-order valence-corrected chi connectivity index (χ0v) is 12.5. The summed E-state index contributed by atoms with van der Waals surface area (Å²) in [6.07, 6.45) is 0.258. The summed E-state index contributed by atoms with van der Waals surface area (Å²) >= 11 is 0. The third-order valence-corrected chi connectivity index (χ3v) is 3.05. The van der Waals surface area contributed by atoms with E-state index in [1.54, 1.807) is 23.1 Å². The fourth-order valence-corrected chi connectivity index (χ4v) is 2.13. The Morgan fingerprint density at radius 3 is 2.48 bits per heavy atom. The van der Waals surface area contributed by atoms with Gasteiger partial charge in [0.15, 0.2) is 0 Å². The van der Waals surface area contributed by atoms with Crippen molar-refractivity contribution in [1.29, 1.82) is 0 Å². The summed E-state index contributed by atoms with van der Waals surface area (Å²) in [5, 5.41) is 11.4. The van der Waals surface area contributed by atoms with Crippen LogP contribution >= 0.6 is 0 Å². The number of alkyl halides is 2. The van der Waals surface area contributed by atoms with Crippen LogP contribution < -0.4 is 5.73 Å². The highest BCUT2D eigenvalue weighted by molar-refractivity contribution is 5.79. The lowest BCUT2D eigenvalue weighted by Gasteiger charge is -2.28. The fourth-order valence-electron chi connectivity index (χ4n) is 2.13. The minimum atomic E-state index is -2.93. The number of hydrogen-bond donors (Lipinski definition) is 2. The Labute approximate surface area is 124 Å². The van der Waals surface area contributed by atoms with E-state index in [1.807, 2.05) is 13.8 Å². The van der Waals surface area contributed by atoms with Crippen molar-refractivity contribution in [2.45, 2.75) is 26.2 Å². The molecule has 1 rings (SSSR count). The normalized spacial score (nSPS) is 13.1. The van der Waals surface area contributed by atoms with Crippen molar-refractivity contribution in [2.24, 2.45) is 16.8 Å². The van der Waals surface area contributed by atoms with Crippen LogP contribution in [0.4, 0.5) is 8.78 Å². The summed E-state index contributed by atoms with van der Waals surface area (Å²) < 4.78 is 28.6.